The van der Waals surface area contributed by atoms with Gasteiger partial charge in [-0.2, -0.15) is 0 Å². The van der Waals surface area contributed by atoms with Gasteiger partial charge in [-0.25, -0.2) is 4.98 Å². The summed E-state index contributed by atoms with van der Waals surface area (Å²) >= 11 is 0. The maximum absolute atomic E-state index is 12.5. The topological polar surface area (TPSA) is 46.9 Å². The molecule has 2 heterocycles. The van der Waals surface area contributed by atoms with E-state index in [9.17, 15) is 4.79 Å². The molecule has 2 aromatic rings. The van der Waals surface area contributed by atoms with Crippen molar-refractivity contribution in [2.24, 2.45) is 0 Å². The molecule has 104 valence electrons. The van der Waals surface area contributed by atoms with Gasteiger partial charge >= 0.3 is 0 Å². The molecule has 20 heavy (non-hydrogen) atoms. The Labute approximate surface area is 118 Å². The van der Waals surface area contributed by atoms with Crippen molar-refractivity contribution in [2.45, 2.75) is 33.4 Å². The second-order valence-electron chi connectivity index (χ2n) is 5.53. The SMILES string of the molecule is Cc1cc(C)cc(Cn2cnc3c(c2=O)CCNC3)c1. The lowest BCUT2D eigenvalue weighted by molar-refractivity contribution is 0.596. The summed E-state index contributed by atoms with van der Waals surface area (Å²) in [5.41, 5.74) is 5.48. The molecule has 0 amide bonds. The van der Waals surface area contributed by atoms with Crippen LogP contribution < -0.4 is 10.9 Å². The van der Waals surface area contributed by atoms with Crippen LogP contribution in [0.15, 0.2) is 29.3 Å². The molecule has 1 N–H and O–H groups in total. The van der Waals surface area contributed by atoms with E-state index in [1.165, 1.54) is 11.1 Å². The summed E-state index contributed by atoms with van der Waals surface area (Å²) in [6, 6.07) is 6.39. The molecule has 1 aliphatic rings. The Hall–Kier alpha value is -1.94. The van der Waals surface area contributed by atoms with Crippen molar-refractivity contribution in [3.63, 3.8) is 0 Å². The molecule has 1 aromatic heterocycles. The third kappa shape index (κ3) is 2.51. The van der Waals surface area contributed by atoms with Gasteiger partial charge in [-0.05, 0) is 32.4 Å². The highest BCUT2D eigenvalue weighted by molar-refractivity contribution is 5.29. The zero-order valence-electron chi connectivity index (χ0n) is 11.9. The van der Waals surface area contributed by atoms with E-state index in [2.05, 4.69) is 42.3 Å². The van der Waals surface area contributed by atoms with Gasteiger partial charge in [0.25, 0.3) is 5.56 Å². The molecular formula is C16H19N3O. The van der Waals surface area contributed by atoms with Crippen LogP contribution in [0, 0.1) is 13.8 Å². The van der Waals surface area contributed by atoms with Crippen LogP contribution in [0.5, 0.6) is 0 Å². The number of nitrogens with zero attached hydrogens (tertiary/aromatic N) is 2. The first kappa shape index (κ1) is 13.1. The zero-order chi connectivity index (χ0) is 14.1. The van der Waals surface area contributed by atoms with Gasteiger partial charge in [-0.15, -0.1) is 0 Å². The minimum atomic E-state index is 0.107. The predicted octanol–water partition coefficient (Wildman–Crippen LogP) is 1.55. The smallest absolute Gasteiger partial charge is 0.257 e. The van der Waals surface area contributed by atoms with E-state index in [0.29, 0.717) is 13.1 Å². The van der Waals surface area contributed by atoms with Gasteiger partial charge in [0, 0.05) is 12.1 Å². The number of aryl methyl sites for hydroxylation is 2. The molecule has 4 heteroatoms. The van der Waals surface area contributed by atoms with Crippen molar-refractivity contribution in [1.29, 1.82) is 0 Å². The van der Waals surface area contributed by atoms with Crippen molar-refractivity contribution in [3.8, 4) is 0 Å². The first-order valence-electron chi connectivity index (χ1n) is 6.98. The lowest BCUT2D eigenvalue weighted by atomic mass is 10.1. The molecule has 0 spiro atoms. The van der Waals surface area contributed by atoms with Gasteiger partial charge in [0.05, 0.1) is 18.6 Å². The van der Waals surface area contributed by atoms with Crippen LogP contribution in [0.3, 0.4) is 0 Å². The largest absolute Gasteiger partial charge is 0.311 e. The van der Waals surface area contributed by atoms with Crippen molar-refractivity contribution in [1.82, 2.24) is 14.9 Å². The number of hydrogen-bond donors (Lipinski definition) is 1. The van der Waals surface area contributed by atoms with Gasteiger partial charge < -0.3 is 5.32 Å². The van der Waals surface area contributed by atoms with Crippen LogP contribution in [0.2, 0.25) is 0 Å². The highest BCUT2D eigenvalue weighted by atomic mass is 16.1. The van der Waals surface area contributed by atoms with Crippen LogP contribution in [-0.2, 0) is 19.5 Å². The molecule has 3 rings (SSSR count). The second kappa shape index (κ2) is 5.21. The molecule has 0 unspecified atom stereocenters. The Balaban J connectivity index is 1.97. The standard InChI is InChI=1S/C16H19N3O/c1-11-5-12(2)7-13(6-11)9-19-10-18-15-8-17-4-3-14(15)16(19)20/h5-7,10,17H,3-4,8-9H2,1-2H3. The summed E-state index contributed by atoms with van der Waals surface area (Å²) < 4.78 is 1.72. The van der Waals surface area contributed by atoms with Crippen molar-refractivity contribution in [3.05, 3.63) is 62.8 Å². The Bertz CT molecular complexity index is 683. The Morgan fingerprint density at radius 1 is 1.25 bits per heavy atom. The number of aromatic nitrogens is 2. The van der Waals surface area contributed by atoms with Crippen LogP contribution in [0.4, 0.5) is 0 Å². The fourth-order valence-corrected chi connectivity index (χ4v) is 2.86. The maximum Gasteiger partial charge on any atom is 0.257 e. The molecule has 0 fully saturated rings. The van der Waals surface area contributed by atoms with Crippen molar-refractivity contribution < 1.29 is 0 Å². The maximum atomic E-state index is 12.5. The minimum absolute atomic E-state index is 0.107. The third-order valence-electron chi connectivity index (χ3n) is 3.70. The van der Waals surface area contributed by atoms with E-state index in [1.807, 2.05) is 0 Å². The number of rotatable bonds is 2. The van der Waals surface area contributed by atoms with Gasteiger partial charge in [0.1, 0.15) is 0 Å². The highest BCUT2D eigenvalue weighted by Gasteiger charge is 2.15. The van der Waals surface area contributed by atoms with E-state index < -0.39 is 0 Å². The molecule has 1 aromatic carbocycles. The Morgan fingerprint density at radius 2 is 2.00 bits per heavy atom. The Morgan fingerprint density at radius 3 is 2.75 bits per heavy atom. The van der Waals surface area contributed by atoms with Crippen LogP contribution in [-0.4, -0.2) is 16.1 Å². The normalized spacial score (nSPS) is 14.1. The molecule has 0 bridgehead atoms. The van der Waals surface area contributed by atoms with E-state index in [4.69, 9.17) is 0 Å². The summed E-state index contributed by atoms with van der Waals surface area (Å²) in [6.45, 7) is 6.31. The summed E-state index contributed by atoms with van der Waals surface area (Å²) in [7, 11) is 0. The second-order valence-corrected chi connectivity index (χ2v) is 5.53. The first-order valence-corrected chi connectivity index (χ1v) is 6.98. The van der Waals surface area contributed by atoms with Gasteiger partial charge in [0.2, 0.25) is 0 Å². The van der Waals surface area contributed by atoms with E-state index >= 15 is 0 Å². The lowest BCUT2D eigenvalue weighted by Crippen LogP contribution is -2.34. The third-order valence-corrected chi connectivity index (χ3v) is 3.70. The van der Waals surface area contributed by atoms with Gasteiger partial charge in [0.15, 0.2) is 0 Å². The Kier molecular flexibility index (Phi) is 3.40. The monoisotopic (exact) mass is 269 g/mol. The summed E-state index contributed by atoms with van der Waals surface area (Å²) in [4.78, 5) is 16.9. The predicted molar refractivity (Wildman–Crippen MR) is 78.9 cm³/mol. The fourth-order valence-electron chi connectivity index (χ4n) is 2.86. The molecule has 1 aliphatic heterocycles. The summed E-state index contributed by atoms with van der Waals surface area (Å²) in [5, 5.41) is 3.24. The number of fused-ring (bicyclic) bond motifs is 1. The van der Waals surface area contributed by atoms with Gasteiger partial charge in [-0.1, -0.05) is 29.3 Å². The molecule has 0 aliphatic carbocycles. The fraction of sp³-hybridized carbons (Fsp3) is 0.375. The van der Waals surface area contributed by atoms with Crippen molar-refractivity contribution in [2.75, 3.05) is 6.54 Å². The van der Waals surface area contributed by atoms with E-state index in [0.717, 1.165) is 29.8 Å². The van der Waals surface area contributed by atoms with Crippen LogP contribution in [0.1, 0.15) is 27.9 Å². The van der Waals surface area contributed by atoms with E-state index in [-0.39, 0.29) is 5.56 Å². The highest BCUT2D eigenvalue weighted by Crippen LogP contribution is 2.11. The molecule has 0 atom stereocenters. The van der Waals surface area contributed by atoms with Crippen molar-refractivity contribution >= 4 is 0 Å². The summed E-state index contributed by atoms with van der Waals surface area (Å²) in [6.07, 6.45) is 2.45. The molecular weight excluding hydrogens is 250 g/mol. The zero-order valence-corrected chi connectivity index (χ0v) is 11.9. The molecule has 0 saturated carbocycles. The first-order chi connectivity index (χ1) is 9.63. The molecule has 4 nitrogen and oxygen atoms in total. The van der Waals surface area contributed by atoms with Crippen LogP contribution in [0.25, 0.3) is 0 Å². The summed E-state index contributed by atoms with van der Waals surface area (Å²) in [5.74, 6) is 0. The number of benzene rings is 1. The lowest BCUT2D eigenvalue weighted by Gasteiger charge is -2.17. The quantitative estimate of drug-likeness (QED) is 0.900. The average molecular weight is 269 g/mol. The average Bonchev–Trinajstić information content (AvgIpc) is 2.41. The minimum Gasteiger partial charge on any atom is -0.311 e. The van der Waals surface area contributed by atoms with Gasteiger partial charge in [-0.3, -0.25) is 9.36 Å². The van der Waals surface area contributed by atoms with Crippen LogP contribution >= 0.6 is 0 Å². The number of hydrogen-bond acceptors (Lipinski definition) is 3. The molecule has 0 saturated heterocycles. The number of nitrogens with one attached hydrogen (secondary N) is 1. The van der Waals surface area contributed by atoms with E-state index in [1.54, 1.807) is 10.9 Å². The molecule has 0 radical (unpaired) electrons.